The molecule has 0 radical (unpaired) electrons. The summed E-state index contributed by atoms with van der Waals surface area (Å²) in [5.74, 6) is -0.187. The average Bonchev–Trinajstić information content (AvgIpc) is 3.18. The summed E-state index contributed by atoms with van der Waals surface area (Å²) in [7, 11) is 0. The minimum absolute atomic E-state index is 0.0759. The van der Waals surface area contributed by atoms with Crippen LogP contribution in [0.5, 0.6) is 0 Å². The van der Waals surface area contributed by atoms with Crippen molar-refractivity contribution in [2.45, 2.75) is 45.7 Å². The Morgan fingerprint density at radius 1 is 1.62 bits per heavy atom. The zero-order valence-electron chi connectivity index (χ0n) is 12.2. The predicted octanol–water partition coefficient (Wildman–Crippen LogP) is 1.22. The van der Waals surface area contributed by atoms with Gasteiger partial charge >= 0.3 is 5.69 Å². The number of hydrogen-bond acceptors (Lipinski definition) is 5. The number of carbonyl (C=O) groups excluding carboxylic acids is 1. The third-order valence-electron chi connectivity index (χ3n) is 3.84. The molecular formula is C13H17N5O3. The molecule has 1 aliphatic carbocycles. The molecule has 1 amide bonds. The lowest BCUT2D eigenvalue weighted by molar-refractivity contribution is -0.386. The fourth-order valence-corrected chi connectivity index (χ4v) is 2.45. The molecule has 0 spiro atoms. The Labute approximate surface area is 121 Å². The van der Waals surface area contributed by atoms with Crippen LogP contribution in [0.3, 0.4) is 0 Å². The van der Waals surface area contributed by atoms with E-state index in [2.05, 4.69) is 16.5 Å². The molecule has 1 atom stereocenters. The molecule has 0 aromatic carbocycles. The molecule has 1 heterocycles. The summed E-state index contributed by atoms with van der Waals surface area (Å²) < 4.78 is 1.30. The second kappa shape index (κ2) is 5.16. The van der Waals surface area contributed by atoms with Gasteiger partial charge in [-0.05, 0) is 39.5 Å². The zero-order valence-corrected chi connectivity index (χ0v) is 12.2. The van der Waals surface area contributed by atoms with Crippen LogP contribution in [-0.4, -0.2) is 26.1 Å². The van der Waals surface area contributed by atoms with E-state index in [1.807, 2.05) is 0 Å². The molecule has 112 valence electrons. The van der Waals surface area contributed by atoms with Crippen molar-refractivity contribution in [3.8, 4) is 6.07 Å². The third kappa shape index (κ3) is 2.86. The molecule has 0 aliphatic heterocycles. The zero-order chi connectivity index (χ0) is 15.8. The largest absolute Gasteiger partial charge is 0.336 e. The maximum atomic E-state index is 12.1. The number of rotatable bonds is 5. The van der Waals surface area contributed by atoms with Crippen molar-refractivity contribution in [2.75, 3.05) is 0 Å². The summed E-state index contributed by atoms with van der Waals surface area (Å²) in [4.78, 5) is 22.5. The van der Waals surface area contributed by atoms with Gasteiger partial charge in [0.2, 0.25) is 5.91 Å². The lowest BCUT2D eigenvalue weighted by Crippen LogP contribution is -2.48. The lowest BCUT2D eigenvalue weighted by Gasteiger charge is -2.22. The first-order chi connectivity index (χ1) is 9.78. The standard InChI is InChI=1S/C13H17N5O3/c1-8-12(18(20)21)9(2)17(16-8)6-11(19)15-13(3,7-14)10-4-5-10/h10H,4-6H2,1-3H3,(H,15,19)/t13-/m0/s1. The first-order valence-corrected chi connectivity index (χ1v) is 6.69. The molecule has 0 bridgehead atoms. The van der Waals surface area contributed by atoms with Crippen LogP contribution in [0.4, 0.5) is 5.69 Å². The van der Waals surface area contributed by atoms with Crippen molar-refractivity contribution >= 4 is 11.6 Å². The van der Waals surface area contributed by atoms with Crippen LogP contribution in [0.1, 0.15) is 31.2 Å². The van der Waals surface area contributed by atoms with Crippen LogP contribution in [0.15, 0.2) is 0 Å². The Morgan fingerprint density at radius 3 is 2.67 bits per heavy atom. The first-order valence-electron chi connectivity index (χ1n) is 6.69. The van der Waals surface area contributed by atoms with Gasteiger partial charge in [0.05, 0.1) is 11.0 Å². The SMILES string of the molecule is Cc1nn(CC(=O)N[C@@](C)(C#N)C2CC2)c(C)c1[N+](=O)[O-]. The maximum absolute atomic E-state index is 12.1. The fourth-order valence-electron chi connectivity index (χ4n) is 2.45. The molecule has 0 saturated heterocycles. The van der Waals surface area contributed by atoms with Gasteiger partial charge in [0.25, 0.3) is 0 Å². The van der Waals surface area contributed by atoms with E-state index in [9.17, 15) is 20.2 Å². The van der Waals surface area contributed by atoms with Crippen LogP contribution < -0.4 is 5.32 Å². The Hall–Kier alpha value is -2.43. The van der Waals surface area contributed by atoms with Gasteiger partial charge in [-0.1, -0.05) is 0 Å². The highest BCUT2D eigenvalue weighted by Gasteiger charge is 2.43. The quantitative estimate of drug-likeness (QED) is 0.647. The van der Waals surface area contributed by atoms with E-state index < -0.39 is 10.5 Å². The van der Waals surface area contributed by atoms with Crippen LogP contribution in [0.25, 0.3) is 0 Å². The summed E-state index contributed by atoms with van der Waals surface area (Å²) in [6, 6.07) is 2.14. The molecule has 1 aromatic rings. The van der Waals surface area contributed by atoms with E-state index in [-0.39, 0.29) is 29.8 Å². The van der Waals surface area contributed by atoms with E-state index >= 15 is 0 Å². The second-order valence-corrected chi connectivity index (χ2v) is 5.57. The van der Waals surface area contributed by atoms with Crippen LogP contribution in [-0.2, 0) is 11.3 Å². The molecule has 1 aliphatic rings. The van der Waals surface area contributed by atoms with E-state index in [1.165, 1.54) is 11.6 Å². The average molecular weight is 291 g/mol. The van der Waals surface area contributed by atoms with Crippen LogP contribution in [0.2, 0.25) is 0 Å². The molecule has 8 nitrogen and oxygen atoms in total. The predicted molar refractivity (Wildman–Crippen MR) is 73.2 cm³/mol. The molecule has 21 heavy (non-hydrogen) atoms. The normalized spacial score (nSPS) is 16.9. The summed E-state index contributed by atoms with van der Waals surface area (Å²) in [5, 5.41) is 26.9. The van der Waals surface area contributed by atoms with Crippen molar-refractivity contribution in [3.63, 3.8) is 0 Å². The number of aryl methyl sites for hydroxylation is 1. The van der Waals surface area contributed by atoms with E-state index in [4.69, 9.17) is 0 Å². The molecule has 1 saturated carbocycles. The van der Waals surface area contributed by atoms with Crippen molar-refractivity contribution < 1.29 is 9.72 Å². The van der Waals surface area contributed by atoms with Gasteiger partial charge in [-0.2, -0.15) is 10.4 Å². The number of nitrogens with one attached hydrogen (secondary N) is 1. The Morgan fingerprint density at radius 2 is 2.24 bits per heavy atom. The third-order valence-corrected chi connectivity index (χ3v) is 3.84. The summed E-state index contributed by atoms with van der Waals surface area (Å²) in [6.07, 6.45) is 1.85. The Balaban J connectivity index is 2.12. The van der Waals surface area contributed by atoms with Gasteiger partial charge < -0.3 is 5.32 Å². The monoisotopic (exact) mass is 291 g/mol. The second-order valence-electron chi connectivity index (χ2n) is 5.57. The topological polar surface area (TPSA) is 114 Å². The minimum Gasteiger partial charge on any atom is -0.336 e. The lowest BCUT2D eigenvalue weighted by atomic mass is 9.98. The number of carbonyl (C=O) groups is 1. The van der Waals surface area contributed by atoms with Gasteiger partial charge in [-0.3, -0.25) is 19.6 Å². The van der Waals surface area contributed by atoms with Crippen molar-refractivity contribution in [2.24, 2.45) is 5.92 Å². The minimum atomic E-state index is -0.876. The number of nitriles is 1. The number of nitrogens with zero attached hydrogens (tertiary/aromatic N) is 4. The molecule has 2 rings (SSSR count). The van der Waals surface area contributed by atoms with E-state index in [0.29, 0.717) is 5.69 Å². The van der Waals surface area contributed by atoms with Crippen LogP contribution >= 0.6 is 0 Å². The number of amides is 1. The fraction of sp³-hybridized carbons (Fsp3) is 0.615. The molecule has 8 heteroatoms. The van der Waals surface area contributed by atoms with E-state index in [1.54, 1.807) is 13.8 Å². The van der Waals surface area contributed by atoms with Crippen LogP contribution in [0, 0.1) is 41.2 Å². The van der Waals surface area contributed by atoms with Gasteiger partial charge in [-0.15, -0.1) is 0 Å². The van der Waals surface area contributed by atoms with Crippen molar-refractivity contribution in [1.82, 2.24) is 15.1 Å². The summed E-state index contributed by atoms with van der Waals surface area (Å²) >= 11 is 0. The molecule has 1 aromatic heterocycles. The maximum Gasteiger partial charge on any atom is 0.312 e. The summed E-state index contributed by atoms with van der Waals surface area (Å²) in [6.45, 7) is 4.65. The van der Waals surface area contributed by atoms with Gasteiger partial charge in [0.15, 0.2) is 0 Å². The molecule has 0 unspecified atom stereocenters. The Kier molecular flexibility index (Phi) is 3.68. The van der Waals surface area contributed by atoms with Gasteiger partial charge in [0.1, 0.15) is 23.5 Å². The van der Waals surface area contributed by atoms with Crippen molar-refractivity contribution in [3.05, 3.63) is 21.5 Å². The number of hydrogen-bond donors (Lipinski definition) is 1. The first kappa shape index (κ1) is 15.0. The highest BCUT2D eigenvalue weighted by Crippen LogP contribution is 2.39. The van der Waals surface area contributed by atoms with Gasteiger partial charge in [0, 0.05) is 0 Å². The highest BCUT2D eigenvalue weighted by atomic mass is 16.6. The molecule has 1 N–H and O–H groups in total. The molecule has 1 fully saturated rings. The molecular weight excluding hydrogens is 274 g/mol. The van der Waals surface area contributed by atoms with Gasteiger partial charge in [-0.25, -0.2) is 0 Å². The number of nitro groups is 1. The smallest absolute Gasteiger partial charge is 0.312 e. The van der Waals surface area contributed by atoms with E-state index in [0.717, 1.165) is 12.8 Å². The summed E-state index contributed by atoms with van der Waals surface area (Å²) in [5.41, 5.74) is -0.347. The van der Waals surface area contributed by atoms with Crippen molar-refractivity contribution in [1.29, 1.82) is 5.26 Å². The number of aromatic nitrogens is 2. The Bertz CT molecular complexity index is 641. The highest BCUT2D eigenvalue weighted by molar-refractivity contribution is 5.77.